The first-order valence-corrected chi connectivity index (χ1v) is 10.6. The Balaban J connectivity index is 2.01. The van der Waals surface area contributed by atoms with Gasteiger partial charge in [-0.1, -0.05) is 49.9 Å². The maximum absolute atomic E-state index is 12.8. The Bertz CT molecular complexity index is 905. The van der Waals surface area contributed by atoms with Gasteiger partial charge in [0, 0.05) is 11.4 Å². The number of nitrogens with zero attached hydrogens (tertiary/aromatic N) is 3. The summed E-state index contributed by atoms with van der Waals surface area (Å²) in [6.45, 7) is 7.77. The van der Waals surface area contributed by atoms with Crippen LogP contribution in [0.25, 0.3) is 0 Å². The Morgan fingerprint density at radius 1 is 1.38 bits per heavy atom. The van der Waals surface area contributed by atoms with Crippen LogP contribution >= 0.6 is 11.8 Å². The molecule has 1 aliphatic heterocycles. The number of anilines is 1. The third kappa shape index (κ3) is 4.64. The summed E-state index contributed by atoms with van der Waals surface area (Å²) in [5, 5.41) is 8.58. The molecule has 2 aromatic rings. The molecule has 1 unspecified atom stereocenters. The van der Waals surface area contributed by atoms with Gasteiger partial charge in [0.05, 0.1) is 12.7 Å². The highest BCUT2D eigenvalue weighted by atomic mass is 32.2. The van der Waals surface area contributed by atoms with Gasteiger partial charge in [-0.15, -0.1) is 5.10 Å². The van der Waals surface area contributed by atoms with E-state index in [1.807, 2.05) is 31.2 Å². The van der Waals surface area contributed by atoms with E-state index >= 15 is 0 Å². The smallest absolute Gasteiger partial charge is 0.338 e. The Labute approximate surface area is 175 Å². The molecule has 0 saturated heterocycles. The Morgan fingerprint density at radius 3 is 2.79 bits per heavy atom. The van der Waals surface area contributed by atoms with E-state index in [9.17, 15) is 4.79 Å². The number of aromatic nitrogens is 3. The monoisotopic (exact) mass is 414 g/mol. The predicted molar refractivity (Wildman–Crippen MR) is 114 cm³/mol. The van der Waals surface area contributed by atoms with E-state index in [1.54, 1.807) is 29.6 Å². The van der Waals surface area contributed by atoms with Crippen molar-refractivity contribution in [3.05, 3.63) is 53.8 Å². The van der Waals surface area contributed by atoms with E-state index in [-0.39, 0.29) is 6.61 Å². The molecule has 29 heavy (non-hydrogen) atoms. The summed E-state index contributed by atoms with van der Waals surface area (Å²) in [6, 6.07) is 7.15. The average molecular weight is 415 g/mol. The van der Waals surface area contributed by atoms with Crippen molar-refractivity contribution in [2.75, 3.05) is 24.8 Å². The van der Waals surface area contributed by atoms with Crippen molar-refractivity contribution in [1.82, 2.24) is 14.8 Å². The fraction of sp³-hybridized carbons (Fsp3) is 0.381. The van der Waals surface area contributed by atoms with Gasteiger partial charge in [-0.25, -0.2) is 9.48 Å². The van der Waals surface area contributed by atoms with Crippen molar-refractivity contribution < 1.29 is 14.3 Å². The van der Waals surface area contributed by atoms with Crippen molar-refractivity contribution in [1.29, 1.82) is 0 Å². The zero-order chi connectivity index (χ0) is 20.8. The molecule has 0 radical (unpaired) electrons. The number of fused-ring (bicyclic) bond motifs is 1. The molecule has 1 aromatic carbocycles. The molecule has 0 aliphatic carbocycles. The summed E-state index contributed by atoms with van der Waals surface area (Å²) in [7, 11) is 1.62. The molecule has 0 bridgehead atoms. The highest BCUT2D eigenvalue weighted by Gasteiger charge is 2.35. The van der Waals surface area contributed by atoms with Crippen LogP contribution in [0.2, 0.25) is 0 Å². The number of carbonyl (C=O) groups excluding carboxylic acids is 1. The van der Waals surface area contributed by atoms with Crippen LogP contribution in [0.4, 0.5) is 5.95 Å². The minimum Gasteiger partial charge on any atom is -0.497 e. The number of rotatable bonds is 9. The van der Waals surface area contributed by atoms with Gasteiger partial charge >= 0.3 is 5.97 Å². The Morgan fingerprint density at radius 2 is 2.14 bits per heavy atom. The number of esters is 1. The third-order valence-electron chi connectivity index (χ3n) is 4.55. The Kier molecular flexibility index (Phi) is 6.98. The topological polar surface area (TPSA) is 78.3 Å². The summed E-state index contributed by atoms with van der Waals surface area (Å²) in [4.78, 5) is 17.5. The van der Waals surface area contributed by atoms with E-state index in [0.29, 0.717) is 22.4 Å². The SMILES string of the molecule is C=CCOC(=O)C1=C(C)Nc2nc(SCCCC)nn2C1c1ccc(OC)cc1. The second-order valence-electron chi connectivity index (χ2n) is 6.59. The van der Waals surface area contributed by atoms with Crippen molar-refractivity contribution >= 4 is 23.7 Å². The van der Waals surface area contributed by atoms with Gasteiger partial charge in [-0.2, -0.15) is 4.98 Å². The van der Waals surface area contributed by atoms with Crippen molar-refractivity contribution in [2.45, 2.75) is 37.9 Å². The van der Waals surface area contributed by atoms with E-state index in [2.05, 4.69) is 28.9 Å². The van der Waals surface area contributed by atoms with E-state index in [0.717, 1.165) is 29.9 Å². The summed E-state index contributed by atoms with van der Waals surface area (Å²) in [6.07, 6.45) is 3.77. The van der Waals surface area contributed by atoms with Crippen LogP contribution in [-0.2, 0) is 9.53 Å². The average Bonchev–Trinajstić information content (AvgIpc) is 3.13. The van der Waals surface area contributed by atoms with Gasteiger partial charge in [0.1, 0.15) is 18.4 Å². The number of methoxy groups -OCH3 is 1. The highest BCUT2D eigenvalue weighted by Crippen LogP contribution is 2.37. The molecule has 3 rings (SSSR count). The quantitative estimate of drug-likeness (QED) is 0.285. The van der Waals surface area contributed by atoms with Gasteiger partial charge in [0.2, 0.25) is 11.1 Å². The molecule has 8 heteroatoms. The molecular weight excluding hydrogens is 388 g/mol. The zero-order valence-electron chi connectivity index (χ0n) is 17.0. The lowest BCUT2D eigenvalue weighted by molar-refractivity contribution is -0.138. The zero-order valence-corrected chi connectivity index (χ0v) is 17.8. The first-order chi connectivity index (χ1) is 14.1. The second kappa shape index (κ2) is 9.65. The first kappa shape index (κ1) is 21.0. The second-order valence-corrected chi connectivity index (χ2v) is 7.65. The van der Waals surface area contributed by atoms with Gasteiger partial charge in [-0.05, 0) is 31.0 Å². The van der Waals surface area contributed by atoms with Crippen molar-refractivity contribution in [2.24, 2.45) is 0 Å². The number of hydrogen-bond donors (Lipinski definition) is 1. The van der Waals surface area contributed by atoms with Crippen LogP contribution in [0.3, 0.4) is 0 Å². The number of thioether (sulfide) groups is 1. The van der Waals surface area contributed by atoms with Gasteiger partial charge < -0.3 is 14.8 Å². The molecule has 1 aromatic heterocycles. The highest BCUT2D eigenvalue weighted by molar-refractivity contribution is 7.99. The third-order valence-corrected chi connectivity index (χ3v) is 5.47. The first-order valence-electron chi connectivity index (χ1n) is 9.58. The van der Waals surface area contributed by atoms with E-state index < -0.39 is 12.0 Å². The lowest BCUT2D eigenvalue weighted by Crippen LogP contribution is -2.29. The number of benzene rings is 1. The molecule has 0 saturated carbocycles. The summed E-state index contributed by atoms with van der Waals surface area (Å²) >= 11 is 1.62. The molecule has 2 heterocycles. The van der Waals surface area contributed by atoms with Crippen LogP contribution in [-0.4, -0.2) is 40.2 Å². The molecule has 1 atom stereocenters. The fourth-order valence-electron chi connectivity index (χ4n) is 3.07. The van der Waals surface area contributed by atoms with Crippen LogP contribution in [0.1, 0.15) is 38.3 Å². The summed E-state index contributed by atoms with van der Waals surface area (Å²) in [5.41, 5.74) is 2.10. The molecule has 0 amide bonds. The minimum absolute atomic E-state index is 0.146. The molecule has 0 spiro atoms. The van der Waals surface area contributed by atoms with Crippen LogP contribution in [0.15, 0.2) is 53.3 Å². The van der Waals surface area contributed by atoms with Gasteiger partial charge in [-0.3, -0.25) is 0 Å². The van der Waals surface area contributed by atoms with Gasteiger partial charge in [0.25, 0.3) is 0 Å². The maximum atomic E-state index is 12.8. The van der Waals surface area contributed by atoms with Crippen LogP contribution in [0, 0.1) is 0 Å². The number of carbonyl (C=O) groups is 1. The lowest BCUT2D eigenvalue weighted by atomic mass is 9.96. The number of nitrogens with one attached hydrogen (secondary N) is 1. The van der Waals surface area contributed by atoms with Crippen molar-refractivity contribution in [3.8, 4) is 5.75 Å². The normalized spacial score (nSPS) is 15.5. The number of unbranched alkanes of at least 4 members (excludes halogenated alkanes) is 1. The maximum Gasteiger partial charge on any atom is 0.338 e. The molecule has 0 fully saturated rings. The molecule has 1 aliphatic rings. The predicted octanol–water partition coefficient (Wildman–Crippen LogP) is 4.20. The summed E-state index contributed by atoms with van der Waals surface area (Å²) in [5.74, 6) is 1.90. The fourth-order valence-corrected chi connectivity index (χ4v) is 3.98. The standard InChI is InChI=1S/C21H26N4O3S/c1-5-7-13-29-21-23-20-22-14(3)17(19(26)28-12-6-2)18(25(20)24-21)15-8-10-16(27-4)11-9-15/h6,8-11,18H,2,5,7,12-13H2,1,3-4H3,(H,22,23,24). The number of hydrogen-bond acceptors (Lipinski definition) is 7. The Hall–Kier alpha value is -2.74. The number of allylic oxidation sites excluding steroid dienone is 1. The minimum atomic E-state index is -0.442. The van der Waals surface area contributed by atoms with Crippen LogP contribution in [0.5, 0.6) is 5.75 Å². The summed E-state index contributed by atoms with van der Waals surface area (Å²) < 4.78 is 12.4. The van der Waals surface area contributed by atoms with Crippen molar-refractivity contribution in [3.63, 3.8) is 0 Å². The molecule has 1 N–H and O–H groups in total. The molecule has 154 valence electrons. The van der Waals surface area contributed by atoms with E-state index in [1.165, 1.54) is 0 Å². The lowest BCUT2D eigenvalue weighted by Gasteiger charge is -2.28. The largest absolute Gasteiger partial charge is 0.497 e. The van der Waals surface area contributed by atoms with Gasteiger partial charge in [0.15, 0.2) is 0 Å². The molecule has 7 nitrogen and oxygen atoms in total. The molecular formula is C21H26N4O3S. The van der Waals surface area contributed by atoms with E-state index in [4.69, 9.17) is 9.47 Å². The number of ether oxygens (including phenoxy) is 2. The van der Waals surface area contributed by atoms with Crippen LogP contribution < -0.4 is 10.1 Å².